The first-order valence-electron chi connectivity index (χ1n) is 4.96. The summed E-state index contributed by atoms with van der Waals surface area (Å²) in [6.45, 7) is 2.99. The van der Waals surface area contributed by atoms with Crippen LogP contribution in [0.1, 0.15) is 18.9 Å². The largest absolute Gasteiger partial charge is 0.385 e. The number of benzene rings is 1. The van der Waals surface area contributed by atoms with Crippen LogP contribution >= 0.6 is 0 Å². The van der Waals surface area contributed by atoms with Crippen LogP contribution in [0.25, 0.3) is 0 Å². The molecule has 74 valence electrons. The molecule has 2 rings (SSSR count). The van der Waals surface area contributed by atoms with Crippen molar-refractivity contribution in [3.8, 4) is 0 Å². The smallest absolute Gasteiger partial charge is 0.224 e. The van der Waals surface area contributed by atoms with Crippen molar-refractivity contribution in [3.63, 3.8) is 0 Å². The number of nitrogens with one attached hydrogen (secondary N) is 2. The Balaban J connectivity index is 2.26. The third-order valence-corrected chi connectivity index (χ3v) is 2.38. The second-order valence-corrected chi connectivity index (χ2v) is 3.45. The van der Waals surface area contributed by atoms with Gasteiger partial charge in [0.25, 0.3) is 0 Å². The fraction of sp³-hybridized carbons (Fsp3) is 0.364. The molecule has 0 radical (unpaired) electrons. The van der Waals surface area contributed by atoms with Gasteiger partial charge in [-0.25, -0.2) is 0 Å². The van der Waals surface area contributed by atoms with E-state index in [1.165, 1.54) is 5.56 Å². The lowest BCUT2D eigenvalue weighted by Gasteiger charge is -2.17. The van der Waals surface area contributed by atoms with Crippen molar-refractivity contribution in [2.45, 2.75) is 19.8 Å². The summed E-state index contributed by atoms with van der Waals surface area (Å²) >= 11 is 0. The monoisotopic (exact) mass is 190 g/mol. The van der Waals surface area contributed by atoms with E-state index in [1.54, 1.807) is 0 Å². The number of anilines is 2. The highest BCUT2D eigenvalue weighted by molar-refractivity contribution is 5.94. The van der Waals surface area contributed by atoms with E-state index < -0.39 is 0 Å². The number of hydrogen-bond acceptors (Lipinski definition) is 2. The molecule has 0 unspecified atom stereocenters. The highest BCUT2D eigenvalue weighted by atomic mass is 16.1. The fourth-order valence-electron chi connectivity index (χ4n) is 1.70. The van der Waals surface area contributed by atoms with Gasteiger partial charge in [-0.1, -0.05) is 0 Å². The third-order valence-electron chi connectivity index (χ3n) is 2.38. The lowest BCUT2D eigenvalue weighted by molar-refractivity contribution is -0.116. The quantitative estimate of drug-likeness (QED) is 0.749. The van der Waals surface area contributed by atoms with Gasteiger partial charge in [0.1, 0.15) is 0 Å². The van der Waals surface area contributed by atoms with Gasteiger partial charge in [0.15, 0.2) is 0 Å². The minimum absolute atomic E-state index is 0.119. The minimum atomic E-state index is 0.119. The maximum atomic E-state index is 11.1. The lowest BCUT2D eigenvalue weighted by atomic mass is 10.0. The fourth-order valence-corrected chi connectivity index (χ4v) is 1.70. The molecule has 1 aromatic rings. The summed E-state index contributed by atoms with van der Waals surface area (Å²) < 4.78 is 0. The van der Waals surface area contributed by atoms with E-state index in [9.17, 15) is 4.79 Å². The van der Waals surface area contributed by atoms with Crippen molar-refractivity contribution in [2.24, 2.45) is 0 Å². The first-order valence-corrected chi connectivity index (χ1v) is 4.96. The summed E-state index contributed by atoms with van der Waals surface area (Å²) in [6.07, 6.45) is 1.45. The second-order valence-electron chi connectivity index (χ2n) is 3.45. The van der Waals surface area contributed by atoms with E-state index in [0.29, 0.717) is 6.42 Å². The van der Waals surface area contributed by atoms with Crippen LogP contribution in [0.2, 0.25) is 0 Å². The molecule has 14 heavy (non-hydrogen) atoms. The number of carbonyl (C=O) groups excluding carboxylic acids is 1. The molecule has 0 aliphatic carbocycles. The van der Waals surface area contributed by atoms with Crippen molar-refractivity contribution in [1.82, 2.24) is 0 Å². The molecule has 1 aliphatic heterocycles. The summed E-state index contributed by atoms with van der Waals surface area (Å²) in [6, 6.07) is 6.07. The van der Waals surface area contributed by atoms with E-state index in [1.807, 2.05) is 12.1 Å². The molecule has 0 aromatic heterocycles. The first-order chi connectivity index (χ1) is 6.79. The van der Waals surface area contributed by atoms with Crippen molar-refractivity contribution in [2.75, 3.05) is 17.2 Å². The SMILES string of the molecule is CCNc1ccc2c(c1)CCC(=O)N2. The zero-order valence-electron chi connectivity index (χ0n) is 8.26. The minimum Gasteiger partial charge on any atom is -0.385 e. The van der Waals surface area contributed by atoms with Gasteiger partial charge in [0, 0.05) is 24.3 Å². The highest BCUT2D eigenvalue weighted by Crippen LogP contribution is 2.25. The molecule has 1 heterocycles. The molecular weight excluding hydrogens is 176 g/mol. The molecule has 0 atom stereocenters. The summed E-state index contributed by atoms with van der Waals surface area (Å²) in [5.41, 5.74) is 3.31. The van der Waals surface area contributed by atoms with Crippen molar-refractivity contribution >= 4 is 17.3 Å². The number of carbonyl (C=O) groups is 1. The van der Waals surface area contributed by atoms with Crippen molar-refractivity contribution in [1.29, 1.82) is 0 Å². The van der Waals surface area contributed by atoms with E-state index in [0.717, 1.165) is 24.3 Å². The van der Waals surface area contributed by atoms with Gasteiger partial charge in [-0.15, -0.1) is 0 Å². The zero-order valence-corrected chi connectivity index (χ0v) is 8.26. The predicted molar refractivity (Wildman–Crippen MR) is 57.6 cm³/mol. The maximum absolute atomic E-state index is 11.1. The van der Waals surface area contributed by atoms with Gasteiger partial charge in [-0.3, -0.25) is 4.79 Å². The zero-order chi connectivity index (χ0) is 9.97. The molecule has 3 heteroatoms. The van der Waals surface area contributed by atoms with Crippen LogP contribution in [0, 0.1) is 0 Å². The van der Waals surface area contributed by atoms with Gasteiger partial charge >= 0.3 is 0 Å². The first kappa shape index (κ1) is 9.06. The number of fused-ring (bicyclic) bond motifs is 1. The Bertz CT molecular complexity index is 360. The van der Waals surface area contributed by atoms with Crippen LogP contribution in [0.4, 0.5) is 11.4 Å². The Kier molecular flexibility index (Phi) is 2.39. The number of amides is 1. The summed E-state index contributed by atoms with van der Waals surface area (Å²) in [5, 5.41) is 6.12. The maximum Gasteiger partial charge on any atom is 0.224 e. The molecule has 2 N–H and O–H groups in total. The van der Waals surface area contributed by atoms with Gasteiger partial charge < -0.3 is 10.6 Å². The summed E-state index contributed by atoms with van der Waals surface area (Å²) in [5.74, 6) is 0.119. The van der Waals surface area contributed by atoms with Gasteiger partial charge in [-0.05, 0) is 37.1 Å². The predicted octanol–water partition coefficient (Wildman–Crippen LogP) is 2.00. The molecule has 3 nitrogen and oxygen atoms in total. The van der Waals surface area contributed by atoms with Crippen molar-refractivity contribution in [3.05, 3.63) is 23.8 Å². The molecule has 1 aromatic carbocycles. The Hall–Kier alpha value is -1.51. The molecule has 0 saturated heterocycles. The third kappa shape index (κ3) is 1.71. The van der Waals surface area contributed by atoms with Crippen LogP contribution in [0.5, 0.6) is 0 Å². The second kappa shape index (κ2) is 3.70. The Labute approximate surface area is 83.5 Å². The average molecular weight is 190 g/mol. The molecular formula is C11H14N2O. The molecule has 0 spiro atoms. The Morgan fingerprint density at radius 2 is 2.29 bits per heavy atom. The molecule has 1 aliphatic rings. The normalized spacial score (nSPS) is 14.5. The Morgan fingerprint density at radius 1 is 1.43 bits per heavy atom. The van der Waals surface area contributed by atoms with Gasteiger partial charge in [-0.2, -0.15) is 0 Å². The number of hydrogen-bond donors (Lipinski definition) is 2. The van der Waals surface area contributed by atoms with Crippen LogP contribution in [-0.2, 0) is 11.2 Å². The molecule has 1 amide bonds. The number of aryl methyl sites for hydroxylation is 1. The topological polar surface area (TPSA) is 41.1 Å². The van der Waals surface area contributed by atoms with E-state index in [4.69, 9.17) is 0 Å². The van der Waals surface area contributed by atoms with E-state index in [-0.39, 0.29) is 5.91 Å². The van der Waals surface area contributed by atoms with Crippen LogP contribution in [0.15, 0.2) is 18.2 Å². The van der Waals surface area contributed by atoms with Crippen LogP contribution < -0.4 is 10.6 Å². The van der Waals surface area contributed by atoms with E-state index >= 15 is 0 Å². The summed E-state index contributed by atoms with van der Waals surface area (Å²) in [4.78, 5) is 11.1. The summed E-state index contributed by atoms with van der Waals surface area (Å²) in [7, 11) is 0. The molecule has 0 fully saturated rings. The standard InChI is InChI=1S/C11H14N2O/c1-2-12-9-4-5-10-8(7-9)3-6-11(14)13-10/h4-5,7,12H,2-3,6H2,1H3,(H,13,14). The van der Waals surface area contributed by atoms with Crippen LogP contribution in [-0.4, -0.2) is 12.5 Å². The Morgan fingerprint density at radius 3 is 3.07 bits per heavy atom. The average Bonchev–Trinajstić information content (AvgIpc) is 2.19. The van der Waals surface area contributed by atoms with Gasteiger partial charge in [0.2, 0.25) is 5.91 Å². The number of rotatable bonds is 2. The lowest BCUT2D eigenvalue weighted by Crippen LogP contribution is -2.18. The highest BCUT2D eigenvalue weighted by Gasteiger charge is 2.14. The molecule has 0 bridgehead atoms. The molecule has 0 saturated carbocycles. The van der Waals surface area contributed by atoms with Crippen molar-refractivity contribution < 1.29 is 4.79 Å². The van der Waals surface area contributed by atoms with Gasteiger partial charge in [0.05, 0.1) is 0 Å². The van der Waals surface area contributed by atoms with Crippen LogP contribution in [0.3, 0.4) is 0 Å². The van der Waals surface area contributed by atoms with E-state index in [2.05, 4.69) is 23.6 Å².